The van der Waals surface area contributed by atoms with Gasteiger partial charge in [-0.1, -0.05) is 13.8 Å². The number of amides is 1. The van der Waals surface area contributed by atoms with Crippen molar-refractivity contribution in [1.29, 1.82) is 0 Å². The summed E-state index contributed by atoms with van der Waals surface area (Å²) in [7, 11) is 0. The van der Waals surface area contributed by atoms with Crippen LogP contribution in [0.1, 0.15) is 23.5 Å². The molecule has 1 aliphatic heterocycles. The monoisotopic (exact) mass is 306 g/mol. The van der Waals surface area contributed by atoms with Crippen molar-refractivity contribution in [2.24, 2.45) is 0 Å². The Hall–Kier alpha value is -1.20. The Kier molecular flexibility index (Phi) is 3.65. The molecule has 0 bridgehead atoms. The second kappa shape index (κ2) is 5.30. The quantitative estimate of drug-likeness (QED) is 0.821. The summed E-state index contributed by atoms with van der Waals surface area (Å²) in [5, 5.41) is 2.08. The van der Waals surface area contributed by atoms with Crippen LogP contribution < -0.4 is 5.73 Å². The molecule has 3 rings (SSSR count). The SMILES string of the molecule is CC1CN(C(=O)c2cc3cc(N)ccc3s2)CC(C)S1. The molecule has 1 fully saturated rings. The zero-order valence-electron chi connectivity index (χ0n) is 11.6. The van der Waals surface area contributed by atoms with Gasteiger partial charge in [0.25, 0.3) is 5.91 Å². The molecule has 1 aromatic heterocycles. The molecule has 2 atom stereocenters. The summed E-state index contributed by atoms with van der Waals surface area (Å²) in [6, 6.07) is 7.77. The number of benzene rings is 1. The van der Waals surface area contributed by atoms with E-state index in [0.29, 0.717) is 10.5 Å². The lowest BCUT2D eigenvalue weighted by Gasteiger charge is -2.34. The molecule has 1 saturated heterocycles. The van der Waals surface area contributed by atoms with Gasteiger partial charge in [0.05, 0.1) is 4.88 Å². The minimum atomic E-state index is 0.156. The minimum absolute atomic E-state index is 0.156. The Morgan fingerprint density at radius 2 is 1.95 bits per heavy atom. The third-order valence-electron chi connectivity index (χ3n) is 3.46. The lowest BCUT2D eigenvalue weighted by atomic mass is 10.2. The van der Waals surface area contributed by atoms with Crippen molar-refractivity contribution in [2.45, 2.75) is 24.3 Å². The molecule has 1 aromatic carbocycles. The predicted molar refractivity (Wildman–Crippen MR) is 88.7 cm³/mol. The molecule has 2 aromatic rings. The third-order valence-corrected chi connectivity index (χ3v) is 5.79. The van der Waals surface area contributed by atoms with Crippen LogP contribution in [0.25, 0.3) is 10.1 Å². The highest BCUT2D eigenvalue weighted by Crippen LogP contribution is 2.30. The number of anilines is 1. The summed E-state index contributed by atoms with van der Waals surface area (Å²) < 4.78 is 1.12. The van der Waals surface area contributed by atoms with Crippen molar-refractivity contribution in [3.05, 3.63) is 29.1 Å². The molecule has 20 heavy (non-hydrogen) atoms. The molecule has 2 heterocycles. The average molecular weight is 306 g/mol. The van der Waals surface area contributed by atoms with E-state index in [1.54, 1.807) is 11.3 Å². The van der Waals surface area contributed by atoms with Crippen LogP contribution in [0.5, 0.6) is 0 Å². The highest BCUT2D eigenvalue weighted by molar-refractivity contribution is 8.00. The zero-order chi connectivity index (χ0) is 14.3. The van der Waals surface area contributed by atoms with Crippen LogP contribution in [0, 0.1) is 0 Å². The number of thioether (sulfide) groups is 1. The minimum Gasteiger partial charge on any atom is -0.399 e. The van der Waals surface area contributed by atoms with E-state index in [4.69, 9.17) is 5.73 Å². The van der Waals surface area contributed by atoms with E-state index in [1.807, 2.05) is 40.9 Å². The maximum atomic E-state index is 12.6. The molecular formula is C15H18N2OS2. The van der Waals surface area contributed by atoms with Crippen LogP contribution >= 0.6 is 23.1 Å². The average Bonchev–Trinajstić information content (AvgIpc) is 2.79. The summed E-state index contributed by atoms with van der Waals surface area (Å²) >= 11 is 3.51. The van der Waals surface area contributed by atoms with Crippen molar-refractivity contribution in [3.63, 3.8) is 0 Å². The van der Waals surface area contributed by atoms with Crippen molar-refractivity contribution < 1.29 is 4.79 Å². The van der Waals surface area contributed by atoms with Crippen molar-refractivity contribution in [2.75, 3.05) is 18.8 Å². The summed E-state index contributed by atoms with van der Waals surface area (Å²) in [5.74, 6) is 0.156. The second-order valence-corrected chi connectivity index (χ2v) is 8.34. The molecular weight excluding hydrogens is 288 g/mol. The van der Waals surface area contributed by atoms with E-state index in [1.165, 1.54) is 0 Å². The van der Waals surface area contributed by atoms with E-state index >= 15 is 0 Å². The Bertz CT molecular complexity index is 642. The maximum Gasteiger partial charge on any atom is 0.264 e. The van der Waals surface area contributed by atoms with Gasteiger partial charge < -0.3 is 10.6 Å². The first kappa shape index (κ1) is 13.8. The number of nitrogen functional groups attached to an aromatic ring is 1. The molecule has 0 saturated carbocycles. The summed E-state index contributed by atoms with van der Waals surface area (Å²) in [5.41, 5.74) is 6.54. The van der Waals surface area contributed by atoms with Crippen molar-refractivity contribution >= 4 is 44.8 Å². The molecule has 106 valence electrons. The van der Waals surface area contributed by atoms with Gasteiger partial charge in [0.15, 0.2) is 0 Å². The normalized spacial score (nSPS) is 23.2. The number of nitrogens with zero attached hydrogens (tertiary/aromatic N) is 1. The molecule has 3 nitrogen and oxygen atoms in total. The highest BCUT2D eigenvalue weighted by atomic mass is 32.2. The third kappa shape index (κ3) is 2.65. The topological polar surface area (TPSA) is 46.3 Å². The number of rotatable bonds is 1. The van der Waals surface area contributed by atoms with Gasteiger partial charge in [-0.2, -0.15) is 11.8 Å². The summed E-state index contributed by atoms with van der Waals surface area (Å²) in [4.78, 5) is 15.4. The number of fused-ring (bicyclic) bond motifs is 1. The smallest absolute Gasteiger partial charge is 0.264 e. The number of hydrogen-bond donors (Lipinski definition) is 1. The Balaban J connectivity index is 1.88. The number of carbonyl (C=O) groups excluding carboxylic acids is 1. The van der Waals surface area contributed by atoms with Crippen LogP contribution in [0.4, 0.5) is 5.69 Å². The van der Waals surface area contributed by atoms with Crippen LogP contribution in [0.3, 0.4) is 0 Å². The van der Waals surface area contributed by atoms with E-state index in [2.05, 4.69) is 13.8 Å². The Labute approximate surface area is 127 Å². The van der Waals surface area contributed by atoms with E-state index in [-0.39, 0.29) is 5.91 Å². The Morgan fingerprint density at radius 3 is 2.65 bits per heavy atom. The van der Waals surface area contributed by atoms with Gasteiger partial charge >= 0.3 is 0 Å². The van der Waals surface area contributed by atoms with Crippen LogP contribution in [-0.2, 0) is 0 Å². The van der Waals surface area contributed by atoms with Gasteiger partial charge in [-0.25, -0.2) is 0 Å². The first-order valence-corrected chi connectivity index (χ1v) is 8.52. The number of thiophene rings is 1. The first-order valence-electron chi connectivity index (χ1n) is 6.77. The molecule has 1 amide bonds. The molecule has 0 spiro atoms. The van der Waals surface area contributed by atoms with Crippen molar-refractivity contribution in [3.8, 4) is 0 Å². The maximum absolute atomic E-state index is 12.6. The summed E-state index contributed by atoms with van der Waals surface area (Å²) in [6.07, 6.45) is 0. The van der Waals surface area contributed by atoms with Crippen LogP contribution in [0.15, 0.2) is 24.3 Å². The number of carbonyl (C=O) groups is 1. The molecule has 1 aliphatic rings. The number of hydrogen-bond acceptors (Lipinski definition) is 4. The lowest BCUT2D eigenvalue weighted by molar-refractivity contribution is 0.0758. The molecule has 2 unspecified atom stereocenters. The lowest BCUT2D eigenvalue weighted by Crippen LogP contribution is -2.43. The van der Waals surface area contributed by atoms with Gasteiger partial charge in [-0.15, -0.1) is 11.3 Å². The molecule has 0 radical (unpaired) electrons. The highest BCUT2D eigenvalue weighted by Gasteiger charge is 2.27. The predicted octanol–water partition coefficient (Wildman–Crippen LogP) is 3.45. The Morgan fingerprint density at radius 1 is 1.25 bits per heavy atom. The molecule has 5 heteroatoms. The van der Waals surface area contributed by atoms with Gasteiger partial charge in [0.2, 0.25) is 0 Å². The molecule has 0 aliphatic carbocycles. The largest absolute Gasteiger partial charge is 0.399 e. The van der Waals surface area contributed by atoms with Crippen molar-refractivity contribution in [1.82, 2.24) is 4.90 Å². The van der Waals surface area contributed by atoms with Gasteiger partial charge in [0, 0.05) is 34.0 Å². The fourth-order valence-corrected chi connectivity index (χ4v) is 5.00. The second-order valence-electron chi connectivity index (χ2n) is 5.38. The number of nitrogens with two attached hydrogens (primary N) is 1. The zero-order valence-corrected chi connectivity index (χ0v) is 13.3. The molecule has 2 N–H and O–H groups in total. The fraction of sp³-hybridized carbons (Fsp3) is 0.400. The first-order chi connectivity index (χ1) is 9.52. The van der Waals surface area contributed by atoms with Crippen LogP contribution in [0.2, 0.25) is 0 Å². The fourth-order valence-electron chi connectivity index (χ4n) is 2.67. The van der Waals surface area contributed by atoms with Gasteiger partial charge in [-0.05, 0) is 29.7 Å². The van der Waals surface area contributed by atoms with E-state index < -0.39 is 0 Å². The van der Waals surface area contributed by atoms with E-state index in [0.717, 1.165) is 33.7 Å². The summed E-state index contributed by atoms with van der Waals surface area (Å²) in [6.45, 7) is 6.05. The van der Waals surface area contributed by atoms with E-state index in [9.17, 15) is 4.79 Å². The van der Waals surface area contributed by atoms with Crippen LogP contribution in [-0.4, -0.2) is 34.4 Å². The standard InChI is InChI=1S/C15H18N2OS2/c1-9-7-17(8-10(2)19-9)15(18)14-6-11-5-12(16)3-4-13(11)20-14/h3-6,9-10H,7-8,16H2,1-2H3. The van der Waals surface area contributed by atoms with Gasteiger partial charge in [0.1, 0.15) is 0 Å². The van der Waals surface area contributed by atoms with Gasteiger partial charge in [-0.3, -0.25) is 4.79 Å².